The Hall–Kier alpha value is -2.62. The van der Waals surface area contributed by atoms with E-state index in [2.05, 4.69) is 5.32 Å². The maximum absolute atomic E-state index is 12.4. The van der Waals surface area contributed by atoms with Crippen LogP contribution in [0.25, 0.3) is 0 Å². The molecule has 1 aliphatic rings. The summed E-state index contributed by atoms with van der Waals surface area (Å²) in [7, 11) is 0. The molecule has 2 amide bonds. The molecule has 0 saturated carbocycles. The van der Waals surface area contributed by atoms with Gasteiger partial charge in [-0.1, -0.05) is 48.0 Å². The van der Waals surface area contributed by atoms with Crippen LogP contribution in [-0.2, 0) is 16.1 Å². The van der Waals surface area contributed by atoms with Crippen molar-refractivity contribution in [3.63, 3.8) is 0 Å². The second-order valence-electron chi connectivity index (χ2n) is 6.40. The average molecular weight is 322 g/mol. The summed E-state index contributed by atoms with van der Waals surface area (Å²) in [6.07, 6.45) is 0.272. The number of para-hydroxylation sites is 1. The van der Waals surface area contributed by atoms with Crippen LogP contribution in [0.1, 0.15) is 23.1 Å². The molecule has 1 aliphatic heterocycles. The molecule has 0 spiro atoms. The standard InChI is InChI=1S/C20H22N2O2/c1-14-7-9-16(10-8-14)12-21-20(24)17-11-19(23)22(13-17)18-6-4-3-5-15(18)2/h3-10,17H,11-13H2,1-2H3,(H,21,24). The summed E-state index contributed by atoms with van der Waals surface area (Å²) in [4.78, 5) is 26.4. The van der Waals surface area contributed by atoms with Gasteiger partial charge >= 0.3 is 0 Å². The molecular formula is C20H22N2O2. The molecular weight excluding hydrogens is 300 g/mol. The van der Waals surface area contributed by atoms with Gasteiger partial charge in [-0.25, -0.2) is 0 Å². The molecule has 1 saturated heterocycles. The zero-order valence-electron chi connectivity index (χ0n) is 14.1. The van der Waals surface area contributed by atoms with Crippen molar-refractivity contribution in [3.05, 3.63) is 65.2 Å². The number of amides is 2. The Kier molecular flexibility index (Phi) is 4.65. The monoisotopic (exact) mass is 322 g/mol. The van der Waals surface area contributed by atoms with Gasteiger partial charge in [0.25, 0.3) is 0 Å². The minimum Gasteiger partial charge on any atom is -0.352 e. The Bertz CT molecular complexity index is 752. The highest BCUT2D eigenvalue weighted by atomic mass is 16.2. The topological polar surface area (TPSA) is 49.4 Å². The molecule has 1 unspecified atom stereocenters. The van der Waals surface area contributed by atoms with Crippen molar-refractivity contribution >= 4 is 17.5 Å². The lowest BCUT2D eigenvalue weighted by Crippen LogP contribution is -2.32. The van der Waals surface area contributed by atoms with Crippen molar-refractivity contribution in [2.45, 2.75) is 26.8 Å². The Labute approximate surface area is 142 Å². The molecule has 4 heteroatoms. The Balaban J connectivity index is 1.62. The summed E-state index contributed by atoms with van der Waals surface area (Å²) < 4.78 is 0. The van der Waals surface area contributed by atoms with E-state index in [0.717, 1.165) is 16.8 Å². The quantitative estimate of drug-likeness (QED) is 0.941. The fraction of sp³-hybridized carbons (Fsp3) is 0.300. The van der Waals surface area contributed by atoms with Crippen molar-refractivity contribution in [3.8, 4) is 0 Å². The van der Waals surface area contributed by atoms with E-state index in [1.807, 2.05) is 62.4 Å². The summed E-state index contributed by atoms with van der Waals surface area (Å²) in [5, 5.41) is 2.95. The van der Waals surface area contributed by atoms with Gasteiger partial charge in [-0.3, -0.25) is 9.59 Å². The van der Waals surface area contributed by atoms with E-state index in [9.17, 15) is 9.59 Å². The molecule has 0 bridgehead atoms. The van der Waals surface area contributed by atoms with Crippen molar-refractivity contribution in [1.82, 2.24) is 5.32 Å². The van der Waals surface area contributed by atoms with Gasteiger partial charge in [0.15, 0.2) is 0 Å². The van der Waals surface area contributed by atoms with E-state index in [4.69, 9.17) is 0 Å². The van der Waals surface area contributed by atoms with Crippen LogP contribution in [0.3, 0.4) is 0 Å². The number of nitrogens with zero attached hydrogens (tertiary/aromatic N) is 1. The van der Waals surface area contributed by atoms with Crippen LogP contribution >= 0.6 is 0 Å². The third kappa shape index (κ3) is 3.48. The first-order valence-electron chi connectivity index (χ1n) is 8.24. The van der Waals surface area contributed by atoms with E-state index < -0.39 is 0 Å². The maximum Gasteiger partial charge on any atom is 0.227 e. The van der Waals surface area contributed by atoms with Gasteiger partial charge in [-0.15, -0.1) is 0 Å². The molecule has 0 aliphatic carbocycles. The molecule has 24 heavy (non-hydrogen) atoms. The molecule has 2 aromatic carbocycles. The largest absolute Gasteiger partial charge is 0.352 e. The highest BCUT2D eigenvalue weighted by molar-refractivity contribution is 6.00. The van der Waals surface area contributed by atoms with E-state index in [1.165, 1.54) is 5.56 Å². The lowest BCUT2D eigenvalue weighted by atomic mass is 10.1. The molecule has 3 rings (SSSR count). The molecule has 1 atom stereocenters. The molecule has 0 radical (unpaired) electrons. The van der Waals surface area contributed by atoms with Crippen LogP contribution in [0.4, 0.5) is 5.69 Å². The van der Waals surface area contributed by atoms with Gasteiger partial charge in [0.1, 0.15) is 0 Å². The normalized spacial score (nSPS) is 17.2. The summed E-state index contributed by atoms with van der Waals surface area (Å²) in [5.41, 5.74) is 4.21. The van der Waals surface area contributed by atoms with E-state index >= 15 is 0 Å². The molecule has 124 valence electrons. The van der Waals surface area contributed by atoms with E-state index in [-0.39, 0.29) is 24.2 Å². The zero-order valence-corrected chi connectivity index (χ0v) is 14.1. The number of carbonyl (C=O) groups excluding carboxylic acids is 2. The molecule has 2 aromatic rings. The summed E-state index contributed by atoms with van der Waals surface area (Å²) in [5.74, 6) is -0.331. The van der Waals surface area contributed by atoms with Crippen molar-refractivity contribution < 1.29 is 9.59 Å². The number of hydrogen-bond donors (Lipinski definition) is 1. The number of nitrogens with one attached hydrogen (secondary N) is 1. The van der Waals surface area contributed by atoms with Crippen molar-refractivity contribution in [2.75, 3.05) is 11.4 Å². The third-order valence-electron chi connectivity index (χ3n) is 4.49. The van der Waals surface area contributed by atoms with Gasteiger partial charge < -0.3 is 10.2 Å². The van der Waals surface area contributed by atoms with Gasteiger partial charge in [-0.05, 0) is 31.0 Å². The first kappa shape index (κ1) is 16.2. The minimum atomic E-state index is -0.289. The second kappa shape index (κ2) is 6.87. The van der Waals surface area contributed by atoms with Crippen molar-refractivity contribution in [1.29, 1.82) is 0 Å². The van der Waals surface area contributed by atoms with E-state index in [1.54, 1.807) is 4.90 Å². The number of carbonyl (C=O) groups is 2. The number of rotatable bonds is 4. The lowest BCUT2D eigenvalue weighted by Gasteiger charge is -2.19. The predicted octanol–water partition coefficient (Wildman–Crippen LogP) is 2.97. The lowest BCUT2D eigenvalue weighted by molar-refractivity contribution is -0.126. The number of anilines is 1. The molecule has 0 aromatic heterocycles. The van der Waals surface area contributed by atoms with Crippen LogP contribution < -0.4 is 10.2 Å². The summed E-state index contributed by atoms with van der Waals surface area (Å²) >= 11 is 0. The van der Waals surface area contributed by atoms with Crippen LogP contribution in [0, 0.1) is 19.8 Å². The summed E-state index contributed by atoms with van der Waals surface area (Å²) in [6.45, 7) is 4.96. The van der Waals surface area contributed by atoms with Gasteiger partial charge in [0.05, 0.1) is 5.92 Å². The minimum absolute atomic E-state index is 0.0137. The van der Waals surface area contributed by atoms with Gasteiger partial charge in [0, 0.05) is 25.2 Å². The third-order valence-corrected chi connectivity index (χ3v) is 4.49. The number of hydrogen-bond acceptors (Lipinski definition) is 2. The second-order valence-corrected chi connectivity index (χ2v) is 6.40. The van der Waals surface area contributed by atoms with Crippen LogP contribution in [0.15, 0.2) is 48.5 Å². The Morgan fingerprint density at radius 2 is 1.83 bits per heavy atom. The first-order chi connectivity index (χ1) is 11.5. The zero-order chi connectivity index (χ0) is 17.1. The maximum atomic E-state index is 12.4. The highest BCUT2D eigenvalue weighted by Gasteiger charge is 2.35. The smallest absolute Gasteiger partial charge is 0.227 e. The fourth-order valence-corrected chi connectivity index (χ4v) is 3.02. The van der Waals surface area contributed by atoms with Crippen molar-refractivity contribution in [2.24, 2.45) is 5.92 Å². The number of benzene rings is 2. The molecule has 4 nitrogen and oxygen atoms in total. The molecule has 1 heterocycles. The average Bonchev–Trinajstić information content (AvgIpc) is 2.96. The van der Waals surface area contributed by atoms with Crippen LogP contribution in [0.2, 0.25) is 0 Å². The molecule has 1 N–H and O–H groups in total. The predicted molar refractivity (Wildman–Crippen MR) is 94.7 cm³/mol. The SMILES string of the molecule is Cc1ccc(CNC(=O)C2CC(=O)N(c3ccccc3C)C2)cc1. The Morgan fingerprint density at radius 3 is 2.54 bits per heavy atom. The summed E-state index contributed by atoms with van der Waals surface area (Å²) in [6, 6.07) is 15.9. The molecule has 1 fully saturated rings. The number of aryl methyl sites for hydroxylation is 2. The first-order valence-corrected chi connectivity index (χ1v) is 8.24. The van der Waals surface area contributed by atoms with Crippen LogP contribution in [-0.4, -0.2) is 18.4 Å². The van der Waals surface area contributed by atoms with Gasteiger partial charge in [0.2, 0.25) is 11.8 Å². The van der Waals surface area contributed by atoms with E-state index in [0.29, 0.717) is 13.1 Å². The highest BCUT2D eigenvalue weighted by Crippen LogP contribution is 2.27. The Morgan fingerprint density at radius 1 is 1.12 bits per heavy atom. The van der Waals surface area contributed by atoms with Crippen LogP contribution in [0.5, 0.6) is 0 Å². The fourth-order valence-electron chi connectivity index (χ4n) is 3.02. The van der Waals surface area contributed by atoms with Gasteiger partial charge in [-0.2, -0.15) is 0 Å².